The van der Waals surface area contributed by atoms with E-state index in [4.69, 9.17) is 4.42 Å². The van der Waals surface area contributed by atoms with Crippen LogP contribution in [0.1, 0.15) is 101 Å². The third kappa shape index (κ3) is 4.52. The molecule has 2 aromatic heterocycles. The fourth-order valence-electron chi connectivity index (χ4n) is 12.9. The van der Waals surface area contributed by atoms with E-state index in [2.05, 4.69) is 179 Å². The Morgan fingerprint density at radius 2 is 1.37 bits per heavy atom. The number of benzene rings is 7. The first-order valence-electron chi connectivity index (χ1n) is 23.2. The van der Waals surface area contributed by atoms with Gasteiger partial charge in [-0.2, -0.15) is 0 Å². The Kier molecular flexibility index (Phi) is 7.03. The molecule has 0 radical (unpaired) electrons. The minimum Gasteiger partial charge on any atom is -0.466 e. The van der Waals surface area contributed by atoms with Crippen LogP contribution in [-0.4, -0.2) is 6.85 Å². The normalized spacial score (nSPS) is 18.9. The Bertz CT molecular complexity index is 3500. The molecule has 5 heteroatoms. The van der Waals surface area contributed by atoms with Crippen molar-refractivity contribution in [2.45, 2.75) is 89.9 Å². The van der Waals surface area contributed by atoms with Crippen molar-refractivity contribution in [1.82, 2.24) is 0 Å². The second-order valence-electron chi connectivity index (χ2n) is 20.6. The average molecular weight is 833 g/mol. The van der Waals surface area contributed by atoms with Crippen molar-refractivity contribution < 1.29 is 4.42 Å². The minimum atomic E-state index is -0.345. The van der Waals surface area contributed by atoms with Crippen molar-refractivity contribution in [2.75, 3.05) is 9.71 Å². The summed E-state index contributed by atoms with van der Waals surface area (Å²) < 4.78 is 10.3. The van der Waals surface area contributed by atoms with Crippen molar-refractivity contribution in [1.29, 1.82) is 0 Å². The SMILES string of the molecule is CCCCc1ccc2c(c1)C1(C)c3ccccc3-c3cc4c5c(c31)N2c1c(oc2cc3c(cc12)C(C)(C)CCC3(C)C)B5N(c1ccccc1)c1cc2sc3ccccc3c2cc1-4. The van der Waals surface area contributed by atoms with E-state index in [0.717, 1.165) is 30.5 Å². The molecule has 1 atom stereocenters. The number of fused-ring (bicyclic) bond motifs is 17. The summed E-state index contributed by atoms with van der Waals surface area (Å²) in [6, 6.07) is 49.5. The molecule has 63 heavy (non-hydrogen) atoms. The zero-order valence-electron chi connectivity index (χ0n) is 36.9. The first-order chi connectivity index (χ1) is 30.6. The quantitative estimate of drug-likeness (QED) is 0.165. The number of rotatable bonds is 4. The maximum absolute atomic E-state index is 7.64. The average Bonchev–Trinajstić information content (AvgIpc) is 3.94. The van der Waals surface area contributed by atoms with Gasteiger partial charge in [-0.1, -0.05) is 114 Å². The number of hydrogen-bond donors (Lipinski definition) is 0. The molecule has 0 saturated carbocycles. The van der Waals surface area contributed by atoms with Crippen LogP contribution in [0.25, 0.3) is 53.4 Å². The first-order valence-corrected chi connectivity index (χ1v) is 24.0. The maximum atomic E-state index is 7.64. The molecule has 0 N–H and O–H groups in total. The van der Waals surface area contributed by atoms with E-state index in [1.165, 1.54) is 128 Å². The molecule has 2 aliphatic carbocycles. The van der Waals surface area contributed by atoms with Crippen molar-refractivity contribution in [3.8, 4) is 22.3 Å². The van der Waals surface area contributed by atoms with Gasteiger partial charge in [-0.15, -0.1) is 11.3 Å². The molecule has 0 fully saturated rings. The summed E-state index contributed by atoms with van der Waals surface area (Å²) >= 11 is 1.90. The molecule has 7 aromatic carbocycles. The monoisotopic (exact) mass is 832 g/mol. The number of anilines is 5. The molecule has 0 saturated heterocycles. The van der Waals surface area contributed by atoms with Crippen molar-refractivity contribution in [2.24, 2.45) is 0 Å². The highest BCUT2D eigenvalue weighted by molar-refractivity contribution is 7.25. The lowest BCUT2D eigenvalue weighted by molar-refractivity contribution is 0.332. The first kappa shape index (κ1) is 36.4. The number of furan rings is 1. The van der Waals surface area contributed by atoms with Gasteiger partial charge >= 0.3 is 6.85 Å². The molecule has 9 aromatic rings. The summed E-state index contributed by atoms with van der Waals surface area (Å²) in [5, 5.41) is 3.87. The Hall–Kier alpha value is -6.04. The van der Waals surface area contributed by atoms with Crippen molar-refractivity contribution in [3.05, 3.63) is 161 Å². The molecule has 0 bridgehead atoms. The van der Waals surface area contributed by atoms with Gasteiger partial charge in [0.2, 0.25) is 0 Å². The Morgan fingerprint density at radius 1 is 0.603 bits per heavy atom. The molecule has 5 aliphatic rings. The minimum absolute atomic E-state index is 0.0495. The number of nitrogens with zero attached hydrogens (tertiary/aromatic N) is 2. The molecule has 0 amide bonds. The lowest BCUT2D eigenvalue weighted by Gasteiger charge is -2.49. The lowest BCUT2D eigenvalue weighted by atomic mass is 9.44. The topological polar surface area (TPSA) is 19.6 Å². The highest BCUT2D eigenvalue weighted by Gasteiger charge is 2.57. The third-order valence-corrected chi connectivity index (χ3v) is 17.4. The molecule has 1 unspecified atom stereocenters. The largest absolute Gasteiger partial charge is 0.466 e. The van der Waals surface area contributed by atoms with Gasteiger partial charge in [0.15, 0.2) is 0 Å². The second-order valence-corrected chi connectivity index (χ2v) is 21.7. The van der Waals surface area contributed by atoms with E-state index < -0.39 is 0 Å². The summed E-state index contributed by atoms with van der Waals surface area (Å²) in [6.07, 6.45) is 5.76. The predicted octanol–water partition coefficient (Wildman–Crippen LogP) is 14.8. The van der Waals surface area contributed by atoms with Crippen molar-refractivity contribution >= 4 is 88.9 Å². The van der Waals surface area contributed by atoms with Gasteiger partial charge in [0, 0.05) is 53.6 Å². The lowest BCUT2D eigenvalue weighted by Crippen LogP contribution is -2.62. The molecule has 0 spiro atoms. The van der Waals surface area contributed by atoms with Gasteiger partial charge in [0.1, 0.15) is 11.2 Å². The van der Waals surface area contributed by atoms with Gasteiger partial charge in [-0.05, 0) is 154 Å². The van der Waals surface area contributed by atoms with Crippen LogP contribution in [0.3, 0.4) is 0 Å². The summed E-state index contributed by atoms with van der Waals surface area (Å²) in [7, 11) is 0. The van der Waals surface area contributed by atoms with Crippen LogP contribution >= 0.6 is 11.3 Å². The number of unbranched alkanes of at least 4 members (excludes halogenated alkanes) is 1. The van der Waals surface area contributed by atoms with Gasteiger partial charge < -0.3 is 14.1 Å². The molecule has 306 valence electrons. The highest BCUT2D eigenvalue weighted by Crippen LogP contribution is 2.65. The van der Waals surface area contributed by atoms with Crippen LogP contribution in [0.15, 0.2) is 132 Å². The van der Waals surface area contributed by atoms with Crippen LogP contribution in [0.2, 0.25) is 0 Å². The molecule has 3 aliphatic heterocycles. The highest BCUT2D eigenvalue weighted by atomic mass is 32.1. The van der Waals surface area contributed by atoms with Gasteiger partial charge in [0.05, 0.1) is 11.4 Å². The van der Waals surface area contributed by atoms with Crippen molar-refractivity contribution in [3.63, 3.8) is 0 Å². The van der Waals surface area contributed by atoms with Gasteiger partial charge in [0.25, 0.3) is 0 Å². The summed E-state index contributed by atoms with van der Waals surface area (Å²) in [6.45, 7) is 14.4. The van der Waals surface area contributed by atoms with Crippen LogP contribution in [0, 0.1) is 0 Å². The molecule has 14 rings (SSSR count). The summed E-state index contributed by atoms with van der Waals surface area (Å²) in [5.74, 6) is 0. The Labute approximate surface area is 374 Å². The second kappa shape index (κ2) is 12.2. The fraction of sp³-hybridized carbons (Fsp3) is 0.241. The molecular formula is C58H49BN2OS. The fourth-order valence-corrected chi connectivity index (χ4v) is 14.0. The van der Waals surface area contributed by atoms with Gasteiger partial charge in [-0.3, -0.25) is 0 Å². The standard InChI is InChI=1S/C58H49BN2OS/c1-7-8-16-33-23-24-46-45(27-33)58(6)42-21-14-12-19-35(42)39-29-40-37-28-38-36-20-13-15-22-49(36)63-50(38)32-47(37)61(34-17-10-9-11-18-34)59-52(40)54(51(39)58)60(46)53-41-30-43-44(31-48(41)62-55(53)59)57(4,5)26-25-56(43,2)3/h9-15,17-24,27-32H,7-8,16,25-26H2,1-6H3. The van der Waals surface area contributed by atoms with Gasteiger partial charge in [-0.25, -0.2) is 0 Å². The van der Waals surface area contributed by atoms with E-state index in [-0.39, 0.29) is 23.1 Å². The summed E-state index contributed by atoms with van der Waals surface area (Å²) in [4.78, 5) is 5.33. The third-order valence-electron chi connectivity index (χ3n) is 16.2. The Balaban J connectivity index is 1.18. The molecular weight excluding hydrogens is 784 g/mol. The molecule has 3 nitrogen and oxygen atoms in total. The summed E-state index contributed by atoms with van der Waals surface area (Å²) in [5.41, 5.74) is 23.2. The van der Waals surface area contributed by atoms with E-state index in [1.54, 1.807) is 0 Å². The number of para-hydroxylation sites is 1. The predicted molar refractivity (Wildman–Crippen MR) is 268 cm³/mol. The number of thiophene rings is 1. The van der Waals surface area contributed by atoms with Crippen LogP contribution in [0.5, 0.6) is 0 Å². The van der Waals surface area contributed by atoms with E-state index in [0.29, 0.717) is 0 Å². The van der Waals surface area contributed by atoms with E-state index >= 15 is 0 Å². The van der Waals surface area contributed by atoms with Crippen LogP contribution in [0.4, 0.5) is 28.4 Å². The zero-order chi connectivity index (χ0) is 42.3. The smallest absolute Gasteiger partial charge is 0.375 e. The van der Waals surface area contributed by atoms with E-state index in [9.17, 15) is 0 Å². The van der Waals surface area contributed by atoms with Crippen LogP contribution < -0.4 is 20.8 Å². The number of hydrogen-bond acceptors (Lipinski definition) is 4. The Morgan fingerprint density at radius 3 is 2.19 bits per heavy atom. The van der Waals surface area contributed by atoms with Crippen LogP contribution in [-0.2, 0) is 22.7 Å². The maximum Gasteiger partial charge on any atom is 0.375 e. The van der Waals surface area contributed by atoms with E-state index in [1.807, 2.05) is 11.3 Å². The molecule has 5 heterocycles. The zero-order valence-corrected chi connectivity index (χ0v) is 37.8. The number of aryl methyl sites for hydroxylation is 1.